The van der Waals surface area contributed by atoms with Gasteiger partial charge in [0.1, 0.15) is 18.0 Å². The third-order valence-electron chi connectivity index (χ3n) is 3.37. The van der Waals surface area contributed by atoms with Gasteiger partial charge in [-0.05, 0) is 23.6 Å². The van der Waals surface area contributed by atoms with E-state index in [4.69, 9.17) is 9.26 Å². The van der Waals surface area contributed by atoms with E-state index in [-0.39, 0.29) is 17.9 Å². The normalized spacial score (nSPS) is 10.4. The van der Waals surface area contributed by atoms with E-state index in [0.29, 0.717) is 17.1 Å². The van der Waals surface area contributed by atoms with E-state index in [0.717, 1.165) is 4.88 Å². The van der Waals surface area contributed by atoms with Crippen LogP contribution in [0.1, 0.15) is 16.1 Å². The second kappa shape index (κ2) is 7.14. The van der Waals surface area contributed by atoms with Crippen LogP contribution in [0.25, 0.3) is 10.6 Å². The van der Waals surface area contributed by atoms with Crippen molar-refractivity contribution in [3.8, 4) is 10.6 Å². The third kappa shape index (κ3) is 3.66. The summed E-state index contributed by atoms with van der Waals surface area (Å²) in [6.07, 6.45) is 0. The van der Waals surface area contributed by atoms with E-state index >= 15 is 0 Å². The second-order valence-corrected chi connectivity index (χ2v) is 5.92. The average molecular weight is 359 g/mol. The van der Waals surface area contributed by atoms with Gasteiger partial charge in [0.05, 0.1) is 15.4 Å². The van der Waals surface area contributed by atoms with Crippen LogP contribution in [0.2, 0.25) is 0 Å². The Balaban J connectivity index is 1.69. The molecule has 9 heteroatoms. The van der Waals surface area contributed by atoms with Gasteiger partial charge in [0, 0.05) is 19.2 Å². The summed E-state index contributed by atoms with van der Waals surface area (Å²) < 4.78 is 10.4. The van der Waals surface area contributed by atoms with E-state index in [1.54, 1.807) is 13.1 Å². The van der Waals surface area contributed by atoms with Crippen LogP contribution < -0.4 is 5.32 Å². The largest absolute Gasteiger partial charge is 0.455 e. The maximum Gasteiger partial charge on any atom is 0.338 e. The summed E-state index contributed by atoms with van der Waals surface area (Å²) in [5.74, 6) is -0.0820. The first-order valence-corrected chi connectivity index (χ1v) is 8.09. The fourth-order valence-electron chi connectivity index (χ4n) is 2.16. The predicted octanol–water partition coefficient (Wildman–Crippen LogP) is 3.71. The minimum Gasteiger partial charge on any atom is -0.455 e. The quantitative estimate of drug-likeness (QED) is 0.406. The van der Waals surface area contributed by atoms with Gasteiger partial charge in [0.25, 0.3) is 5.69 Å². The molecule has 3 aromatic rings. The predicted molar refractivity (Wildman–Crippen MR) is 91.6 cm³/mol. The summed E-state index contributed by atoms with van der Waals surface area (Å²) in [5, 5.41) is 19.5. The molecule has 1 N–H and O–H groups in total. The highest BCUT2D eigenvalue weighted by Crippen LogP contribution is 2.27. The van der Waals surface area contributed by atoms with Crippen molar-refractivity contribution >= 4 is 28.7 Å². The number of hydrogen-bond acceptors (Lipinski definition) is 8. The number of nitrogens with one attached hydrogen (secondary N) is 1. The minimum atomic E-state index is -0.675. The minimum absolute atomic E-state index is 0.0880. The summed E-state index contributed by atoms with van der Waals surface area (Å²) in [7, 11) is 1.57. The van der Waals surface area contributed by atoms with Crippen molar-refractivity contribution in [1.29, 1.82) is 0 Å². The monoisotopic (exact) mass is 359 g/mol. The van der Waals surface area contributed by atoms with E-state index in [1.807, 2.05) is 17.5 Å². The number of nitro benzene ring substituents is 1. The van der Waals surface area contributed by atoms with Gasteiger partial charge in [-0.15, -0.1) is 11.3 Å². The number of anilines is 1. The molecule has 0 atom stereocenters. The molecular formula is C16H13N3O5S. The molecule has 0 spiro atoms. The molecule has 128 valence electrons. The van der Waals surface area contributed by atoms with Gasteiger partial charge in [0.15, 0.2) is 5.76 Å². The molecule has 0 fully saturated rings. The number of rotatable bonds is 6. The number of aromatic nitrogens is 1. The third-order valence-corrected chi connectivity index (χ3v) is 4.26. The van der Waals surface area contributed by atoms with Crippen molar-refractivity contribution in [3.63, 3.8) is 0 Å². The highest BCUT2D eigenvalue weighted by Gasteiger charge is 2.18. The molecule has 0 aliphatic rings. The molecule has 2 aromatic heterocycles. The van der Waals surface area contributed by atoms with Crippen molar-refractivity contribution in [3.05, 3.63) is 63.1 Å². The Morgan fingerprint density at radius 1 is 1.40 bits per heavy atom. The Kier molecular flexibility index (Phi) is 4.75. The zero-order valence-corrected chi connectivity index (χ0v) is 13.9. The molecule has 0 bridgehead atoms. The maximum absolute atomic E-state index is 12.1. The van der Waals surface area contributed by atoms with Gasteiger partial charge in [-0.1, -0.05) is 11.2 Å². The van der Waals surface area contributed by atoms with E-state index in [1.165, 1.54) is 29.5 Å². The SMILES string of the molecule is CNc1ccc(C(=O)OCc2cc(-c3cccs3)on2)cc1[N+](=O)[O-]. The number of esters is 1. The number of carbonyl (C=O) groups excluding carboxylic acids is 1. The summed E-state index contributed by atoms with van der Waals surface area (Å²) in [4.78, 5) is 23.5. The molecule has 8 nitrogen and oxygen atoms in total. The lowest BCUT2D eigenvalue weighted by atomic mass is 10.1. The zero-order chi connectivity index (χ0) is 17.8. The highest BCUT2D eigenvalue weighted by molar-refractivity contribution is 7.13. The zero-order valence-electron chi connectivity index (χ0n) is 13.1. The van der Waals surface area contributed by atoms with Crippen LogP contribution in [-0.4, -0.2) is 23.1 Å². The lowest BCUT2D eigenvalue weighted by Crippen LogP contribution is -2.07. The maximum atomic E-state index is 12.1. The molecule has 2 heterocycles. The lowest BCUT2D eigenvalue weighted by molar-refractivity contribution is -0.384. The average Bonchev–Trinajstić information content (AvgIpc) is 3.30. The number of thiophene rings is 1. The van der Waals surface area contributed by atoms with E-state index in [9.17, 15) is 14.9 Å². The van der Waals surface area contributed by atoms with Gasteiger partial charge >= 0.3 is 5.97 Å². The van der Waals surface area contributed by atoms with Crippen LogP contribution in [0, 0.1) is 10.1 Å². The first-order chi connectivity index (χ1) is 12.1. The Hall–Kier alpha value is -3.20. The fourth-order valence-corrected chi connectivity index (χ4v) is 2.83. The molecule has 25 heavy (non-hydrogen) atoms. The van der Waals surface area contributed by atoms with Gasteiger partial charge in [-0.3, -0.25) is 10.1 Å². The smallest absolute Gasteiger partial charge is 0.338 e. The van der Waals surface area contributed by atoms with Crippen molar-refractivity contribution in [2.45, 2.75) is 6.61 Å². The summed E-state index contributed by atoms with van der Waals surface area (Å²) >= 11 is 1.51. The van der Waals surface area contributed by atoms with E-state index < -0.39 is 10.9 Å². The van der Waals surface area contributed by atoms with Crippen LogP contribution in [0.5, 0.6) is 0 Å². The Morgan fingerprint density at radius 2 is 2.24 bits per heavy atom. The van der Waals surface area contributed by atoms with Gasteiger partial charge in [-0.2, -0.15) is 0 Å². The number of nitro groups is 1. The van der Waals surface area contributed by atoms with Gasteiger partial charge < -0.3 is 14.6 Å². The molecule has 0 amide bonds. The highest BCUT2D eigenvalue weighted by atomic mass is 32.1. The molecule has 1 aromatic carbocycles. The van der Waals surface area contributed by atoms with Gasteiger partial charge in [0.2, 0.25) is 0 Å². The topological polar surface area (TPSA) is 108 Å². The number of carbonyl (C=O) groups is 1. The molecule has 0 aliphatic heterocycles. The Morgan fingerprint density at radius 3 is 2.92 bits per heavy atom. The molecular weight excluding hydrogens is 346 g/mol. The van der Waals surface area contributed by atoms with Crippen LogP contribution in [-0.2, 0) is 11.3 Å². The van der Waals surface area contributed by atoms with Crippen molar-refractivity contribution in [2.24, 2.45) is 0 Å². The molecule has 0 unspecified atom stereocenters. The lowest BCUT2D eigenvalue weighted by Gasteiger charge is -2.05. The number of benzene rings is 1. The molecule has 0 saturated carbocycles. The second-order valence-electron chi connectivity index (χ2n) is 4.97. The number of nitrogens with zero attached hydrogens (tertiary/aromatic N) is 2. The molecule has 0 radical (unpaired) electrons. The van der Waals surface area contributed by atoms with Crippen molar-refractivity contribution in [2.75, 3.05) is 12.4 Å². The molecule has 0 aliphatic carbocycles. The van der Waals surface area contributed by atoms with Crippen LogP contribution >= 0.6 is 11.3 Å². The summed E-state index contributed by atoms with van der Waals surface area (Å²) in [6, 6.07) is 9.56. The van der Waals surface area contributed by atoms with Crippen molar-refractivity contribution < 1.29 is 19.0 Å². The first-order valence-electron chi connectivity index (χ1n) is 7.21. The molecule has 0 saturated heterocycles. The Bertz CT molecular complexity index is 904. The summed E-state index contributed by atoms with van der Waals surface area (Å²) in [5.41, 5.74) is 0.669. The van der Waals surface area contributed by atoms with Crippen LogP contribution in [0.4, 0.5) is 11.4 Å². The van der Waals surface area contributed by atoms with Crippen LogP contribution in [0.3, 0.4) is 0 Å². The van der Waals surface area contributed by atoms with Crippen LogP contribution in [0.15, 0.2) is 46.3 Å². The Labute approximate surface area is 146 Å². The first kappa shape index (κ1) is 16.7. The summed E-state index contributed by atoms with van der Waals surface area (Å²) in [6.45, 7) is -0.0880. The fraction of sp³-hybridized carbons (Fsp3) is 0.125. The number of hydrogen-bond donors (Lipinski definition) is 1. The van der Waals surface area contributed by atoms with E-state index in [2.05, 4.69) is 10.5 Å². The molecule has 3 rings (SSSR count). The number of ether oxygens (including phenoxy) is 1. The van der Waals surface area contributed by atoms with Gasteiger partial charge in [-0.25, -0.2) is 4.79 Å². The standard InChI is InChI=1S/C16H13N3O5S/c1-17-12-5-4-10(7-13(12)19(21)22)16(20)23-9-11-8-14(24-18-11)15-3-2-6-25-15/h2-8,17H,9H2,1H3. The van der Waals surface area contributed by atoms with Crippen molar-refractivity contribution in [1.82, 2.24) is 5.16 Å².